The van der Waals surface area contributed by atoms with Crippen LogP contribution in [-0.2, 0) is 26.2 Å². The zero-order valence-corrected chi connectivity index (χ0v) is 17.3. The monoisotopic (exact) mass is 431 g/mol. The molecule has 2 bridgehead atoms. The Morgan fingerprint density at radius 2 is 2.16 bits per heavy atom. The lowest BCUT2D eigenvalue weighted by molar-refractivity contribution is -0.170. The van der Waals surface area contributed by atoms with E-state index in [0.717, 1.165) is 17.7 Å². The largest absolute Gasteiger partial charge is 0.493 e. The van der Waals surface area contributed by atoms with Crippen molar-refractivity contribution in [2.24, 2.45) is 0 Å². The summed E-state index contributed by atoms with van der Waals surface area (Å²) in [5.41, 5.74) is 0.0627. The Balaban J connectivity index is 1.59. The quantitative estimate of drug-likeness (QED) is 0.566. The van der Waals surface area contributed by atoms with Crippen molar-refractivity contribution in [3.05, 3.63) is 35.1 Å². The minimum Gasteiger partial charge on any atom is -0.493 e. The summed E-state index contributed by atoms with van der Waals surface area (Å²) in [6.45, 7) is 0.738. The number of hydrogen-bond donors (Lipinski definition) is 3. The molecular formula is C22H25NO8. The van der Waals surface area contributed by atoms with Crippen molar-refractivity contribution in [1.29, 1.82) is 0 Å². The first kappa shape index (κ1) is 20.3. The highest BCUT2D eigenvalue weighted by atomic mass is 16.6. The van der Waals surface area contributed by atoms with Gasteiger partial charge >= 0.3 is 11.9 Å². The minimum absolute atomic E-state index is 0.124. The number of hydrogen-bond acceptors (Lipinski definition) is 8. The molecule has 9 nitrogen and oxygen atoms in total. The second-order valence-electron chi connectivity index (χ2n) is 8.82. The van der Waals surface area contributed by atoms with Crippen LogP contribution in [0.3, 0.4) is 0 Å². The minimum atomic E-state index is -1.84. The molecule has 1 aromatic carbocycles. The fraction of sp³-hybridized carbons (Fsp3) is 0.545. The molecule has 1 saturated heterocycles. The molecule has 0 aromatic heterocycles. The van der Waals surface area contributed by atoms with Gasteiger partial charge in [-0.05, 0) is 44.1 Å². The molecular weight excluding hydrogens is 406 g/mol. The van der Waals surface area contributed by atoms with Gasteiger partial charge in [-0.3, -0.25) is 4.79 Å². The molecule has 166 valence electrons. The zero-order chi connectivity index (χ0) is 22.1. The van der Waals surface area contributed by atoms with Crippen LogP contribution in [-0.4, -0.2) is 76.7 Å². The standard InChI is InChI=1S/C22H25NO8/c1-23-8-7-21-17-11-3-4-13(29-2)18(17)31-19(21)14(5-6-22(21,28)15(23)9-11)30-16(25)10-12(24)20(26)27/h3-5,12,15,19,24,28H,6-10H2,1-2H3,(H,26,27)/t12?,15-,19+,21+,22-/m1/s1. The van der Waals surface area contributed by atoms with Crippen molar-refractivity contribution in [3.8, 4) is 11.5 Å². The third-order valence-electron chi connectivity index (χ3n) is 7.43. The van der Waals surface area contributed by atoms with Crippen LogP contribution in [0, 0.1) is 0 Å². The van der Waals surface area contributed by atoms with Gasteiger partial charge < -0.3 is 34.4 Å². The van der Waals surface area contributed by atoms with Crippen LogP contribution in [0.5, 0.6) is 11.5 Å². The van der Waals surface area contributed by atoms with Crippen LogP contribution in [0.4, 0.5) is 0 Å². The number of likely N-dealkylation sites (N-methyl/N-ethyl adjacent to an activating group) is 1. The van der Waals surface area contributed by atoms with E-state index in [0.29, 0.717) is 24.3 Å². The Morgan fingerprint density at radius 1 is 1.39 bits per heavy atom. The summed E-state index contributed by atoms with van der Waals surface area (Å²) in [4.78, 5) is 25.4. The van der Waals surface area contributed by atoms with Crippen molar-refractivity contribution in [2.45, 2.75) is 54.9 Å². The summed E-state index contributed by atoms with van der Waals surface area (Å²) in [6, 6.07) is 3.73. The summed E-state index contributed by atoms with van der Waals surface area (Å²) in [7, 11) is 3.56. The number of carbonyl (C=O) groups excluding carboxylic acids is 1. The summed E-state index contributed by atoms with van der Waals surface area (Å²) < 4.78 is 17.4. The molecule has 2 aliphatic heterocycles. The number of nitrogens with zero attached hydrogens (tertiary/aromatic N) is 1. The molecule has 5 atom stereocenters. The molecule has 2 heterocycles. The van der Waals surface area contributed by atoms with Crippen LogP contribution in [0.15, 0.2) is 24.0 Å². The molecule has 4 aliphatic rings. The topological polar surface area (TPSA) is 126 Å². The number of rotatable bonds is 5. The normalized spacial score (nSPS) is 33.6. The Kier molecular flexibility index (Phi) is 4.38. The number of carboxylic acids is 1. The molecule has 2 aliphatic carbocycles. The van der Waals surface area contributed by atoms with Crippen LogP contribution >= 0.6 is 0 Å². The predicted octanol–water partition coefficient (Wildman–Crippen LogP) is 0.352. The van der Waals surface area contributed by atoms with Gasteiger partial charge in [0.25, 0.3) is 0 Å². The highest BCUT2D eigenvalue weighted by Gasteiger charge is 2.72. The van der Waals surface area contributed by atoms with E-state index in [2.05, 4.69) is 4.90 Å². The Labute approximate surface area is 178 Å². The highest BCUT2D eigenvalue weighted by molar-refractivity contribution is 5.81. The van der Waals surface area contributed by atoms with Gasteiger partial charge in [0.2, 0.25) is 0 Å². The average Bonchev–Trinajstić information content (AvgIpc) is 3.08. The lowest BCUT2D eigenvalue weighted by Crippen LogP contribution is -2.74. The number of piperidine rings is 1. The van der Waals surface area contributed by atoms with Crippen molar-refractivity contribution < 1.29 is 39.1 Å². The molecule has 1 unspecified atom stereocenters. The number of carboxylic acid groups (broad SMARTS) is 1. The average molecular weight is 431 g/mol. The maximum absolute atomic E-state index is 12.3. The molecule has 31 heavy (non-hydrogen) atoms. The number of aliphatic carboxylic acids is 1. The molecule has 3 N–H and O–H groups in total. The van der Waals surface area contributed by atoms with Crippen LogP contribution in [0.1, 0.15) is 30.4 Å². The Morgan fingerprint density at radius 3 is 2.87 bits per heavy atom. The van der Waals surface area contributed by atoms with E-state index < -0.39 is 41.6 Å². The van der Waals surface area contributed by atoms with Gasteiger partial charge in [0.1, 0.15) is 5.76 Å². The van der Waals surface area contributed by atoms with E-state index >= 15 is 0 Å². The smallest absolute Gasteiger partial charge is 0.333 e. The molecule has 1 aromatic rings. The van der Waals surface area contributed by atoms with E-state index in [1.165, 1.54) is 0 Å². The maximum atomic E-state index is 12.3. The Bertz CT molecular complexity index is 1010. The van der Waals surface area contributed by atoms with Crippen LogP contribution in [0.25, 0.3) is 0 Å². The molecule has 5 rings (SSSR count). The van der Waals surface area contributed by atoms with Crippen molar-refractivity contribution >= 4 is 11.9 Å². The van der Waals surface area contributed by atoms with Crippen molar-refractivity contribution in [3.63, 3.8) is 0 Å². The first-order valence-electron chi connectivity index (χ1n) is 10.3. The van der Waals surface area contributed by atoms with Gasteiger partial charge in [-0.1, -0.05) is 6.07 Å². The second-order valence-corrected chi connectivity index (χ2v) is 8.82. The number of carbonyl (C=O) groups is 2. The molecule has 9 heteroatoms. The number of aliphatic hydroxyl groups excluding tert-OH is 1. The molecule has 1 spiro atoms. The van der Waals surface area contributed by atoms with Crippen LogP contribution < -0.4 is 9.47 Å². The fourth-order valence-electron chi connectivity index (χ4n) is 6.01. The number of aliphatic hydroxyl groups is 2. The predicted molar refractivity (Wildman–Crippen MR) is 106 cm³/mol. The highest BCUT2D eigenvalue weighted by Crippen LogP contribution is 2.65. The number of likely N-dealkylation sites (tertiary alicyclic amines) is 1. The third-order valence-corrected chi connectivity index (χ3v) is 7.43. The van der Waals surface area contributed by atoms with E-state index in [1.807, 2.05) is 19.2 Å². The van der Waals surface area contributed by atoms with Gasteiger partial charge in [-0.2, -0.15) is 0 Å². The summed E-state index contributed by atoms with van der Waals surface area (Å²) in [5, 5.41) is 30.4. The first-order chi connectivity index (χ1) is 14.7. The molecule has 0 amide bonds. The van der Waals surface area contributed by atoms with Gasteiger partial charge in [-0.15, -0.1) is 0 Å². The van der Waals surface area contributed by atoms with Crippen molar-refractivity contribution in [2.75, 3.05) is 20.7 Å². The number of benzene rings is 1. The molecule has 0 radical (unpaired) electrons. The molecule has 1 fully saturated rings. The third kappa shape index (κ3) is 2.54. The number of ether oxygens (including phenoxy) is 3. The summed E-state index contributed by atoms with van der Waals surface area (Å²) >= 11 is 0. The summed E-state index contributed by atoms with van der Waals surface area (Å²) in [5.74, 6) is -1.02. The van der Waals surface area contributed by atoms with Gasteiger partial charge in [0, 0.05) is 18.0 Å². The van der Waals surface area contributed by atoms with Crippen LogP contribution in [0.2, 0.25) is 0 Å². The van der Waals surface area contributed by atoms with E-state index in [1.54, 1.807) is 13.2 Å². The zero-order valence-electron chi connectivity index (χ0n) is 17.3. The maximum Gasteiger partial charge on any atom is 0.333 e. The number of methoxy groups -OCH3 is 1. The fourth-order valence-corrected chi connectivity index (χ4v) is 6.01. The van der Waals surface area contributed by atoms with E-state index in [9.17, 15) is 19.8 Å². The summed E-state index contributed by atoms with van der Waals surface area (Å²) in [6.07, 6.45) is -0.0812. The lowest BCUT2D eigenvalue weighted by Gasteiger charge is -2.61. The van der Waals surface area contributed by atoms with E-state index in [-0.39, 0.29) is 18.2 Å². The van der Waals surface area contributed by atoms with Gasteiger partial charge in [-0.25, -0.2) is 4.79 Å². The second kappa shape index (κ2) is 6.69. The first-order valence-corrected chi connectivity index (χ1v) is 10.3. The van der Waals surface area contributed by atoms with Crippen molar-refractivity contribution in [1.82, 2.24) is 4.90 Å². The van der Waals surface area contributed by atoms with E-state index in [4.69, 9.17) is 19.3 Å². The van der Waals surface area contributed by atoms with Gasteiger partial charge in [0.05, 0.1) is 24.5 Å². The molecule has 0 saturated carbocycles. The number of esters is 1. The van der Waals surface area contributed by atoms with Gasteiger partial charge in [0.15, 0.2) is 23.7 Å². The lowest BCUT2D eigenvalue weighted by atomic mass is 9.50. The SMILES string of the molecule is COc1ccc2c3c1O[C@H]1C(OC(=O)CC(O)C(=O)O)=CC[C@@]4(O)[C@@H](C2)N(C)CC[C@]314. The Hall–Kier alpha value is -2.62.